The molecular formula is C59H63N7O17. The molecule has 1 saturated heterocycles. The largest absolute Gasteiger partial charge is 0.507 e. The lowest BCUT2D eigenvalue weighted by molar-refractivity contribution is -0.389. The number of amides is 1. The molecule has 2 aromatic heterocycles. The number of benzene rings is 4. The molecule has 1 amide bonds. The summed E-state index contributed by atoms with van der Waals surface area (Å²) in [5, 5.41) is 60.6. The molecule has 24 heteroatoms. The average Bonchev–Trinajstić information content (AvgIpc) is 1.96. The van der Waals surface area contributed by atoms with Gasteiger partial charge in [0.15, 0.2) is 28.2 Å². The molecule has 83 heavy (non-hydrogen) atoms. The zero-order valence-corrected chi connectivity index (χ0v) is 46.9. The summed E-state index contributed by atoms with van der Waals surface area (Å²) in [7, 11) is 1.43. The monoisotopic (exact) mass is 1140 g/mol. The molecule has 5 N–H and O–H groups in total. The molecule has 1 fully saturated rings. The molecular weight excluding hydrogens is 1080 g/mol. The van der Waals surface area contributed by atoms with E-state index in [0.717, 1.165) is 5.69 Å². The van der Waals surface area contributed by atoms with Crippen molar-refractivity contribution in [3.8, 4) is 23.3 Å². The van der Waals surface area contributed by atoms with Gasteiger partial charge in [-0.3, -0.25) is 23.7 Å². The zero-order valence-electron chi connectivity index (χ0n) is 46.9. The van der Waals surface area contributed by atoms with E-state index in [2.05, 4.69) is 15.2 Å². The van der Waals surface area contributed by atoms with Gasteiger partial charge in [0.2, 0.25) is 10.9 Å². The molecule has 24 nitrogen and oxygen atoms in total. The molecule has 0 spiro atoms. The van der Waals surface area contributed by atoms with Crippen molar-refractivity contribution in [2.45, 2.75) is 92.1 Å². The number of phenolic OH excluding ortho intramolecular Hbond substituents is 1. The van der Waals surface area contributed by atoms with E-state index < -0.39 is 98.7 Å². The third-order valence-corrected chi connectivity index (χ3v) is 16.1. The molecule has 6 heterocycles. The van der Waals surface area contributed by atoms with E-state index in [1.165, 1.54) is 76.3 Å². The molecule has 6 aromatic rings. The number of ether oxygens (including phenoxy) is 6. The van der Waals surface area contributed by atoms with Gasteiger partial charge in [-0.05, 0) is 49.1 Å². The molecule has 4 aliphatic rings. The van der Waals surface area contributed by atoms with E-state index in [1.54, 1.807) is 58.0 Å². The Hall–Kier alpha value is -9.00. The number of carbonyl (C=O) groups excluding carboxylic acids is 2. The fourth-order valence-corrected chi connectivity index (χ4v) is 11.2. The molecule has 4 aromatic carbocycles. The quantitative estimate of drug-likeness (QED) is 0.0292. The number of methoxy groups -OCH3 is 1. The fourth-order valence-electron chi connectivity index (χ4n) is 11.2. The molecule has 9 atom stereocenters. The lowest BCUT2D eigenvalue weighted by Gasteiger charge is -2.38. The minimum atomic E-state index is -2.03. The minimum Gasteiger partial charge on any atom is -0.507 e. The Morgan fingerprint density at radius 2 is 1.61 bits per heavy atom. The number of aliphatic hydroxyl groups excluding tert-OH is 3. The maximum Gasteiger partial charge on any atom is 0.420 e. The number of allylic oxidation sites excluding steroid dienone is 3. The van der Waals surface area contributed by atoms with Crippen molar-refractivity contribution in [1.82, 2.24) is 14.5 Å². The molecule has 0 saturated carbocycles. The highest BCUT2D eigenvalue weighted by molar-refractivity contribution is 6.17. The van der Waals surface area contributed by atoms with Gasteiger partial charge >= 0.3 is 23.6 Å². The number of nitro groups is 1. The van der Waals surface area contributed by atoms with Gasteiger partial charge in [-0.2, -0.15) is 0 Å². The van der Waals surface area contributed by atoms with Crippen molar-refractivity contribution in [1.29, 1.82) is 0 Å². The fraction of sp³-hybridized carbons (Fsp3) is 0.390. The second kappa shape index (κ2) is 22.4. The van der Waals surface area contributed by atoms with Crippen LogP contribution in [0.5, 0.6) is 23.3 Å². The Morgan fingerprint density at radius 3 is 2.28 bits per heavy atom. The van der Waals surface area contributed by atoms with Crippen molar-refractivity contribution in [3.05, 3.63) is 132 Å². The molecule has 436 valence electrons. The molecule has 0 unspecified atom stereocenters. The number of carbonyl (C=O) groups is 2. The van der Waals surface area contributed by atoms with Crippen molar-refractivity contribution in [3.63, 3.8) is 0 Å². The smallest absolute Gasteiger partial charge is 0.420 e. The maximum atomic E-state index is 15.1. The van der Waals surface area contributed by atoms with E-state index in [9.17, 15) is 44.9 Å². The van der Waals surface area contributed by atoms with Crippen LogP contribution < -0.4 is 45.4 Å². The summed E-state index contributed by atoms with van der Waals surface area (Å²) in [6.07, 6.45) is 6.07. The summed E-state index contributed by atoms with van der Waals surface area (Å²) in [5.74, 6) is -6.61. The first-order valence-corrected chi connectivity index (χ1v) is 27.0. The predicted molar refractivity (Wildman–Crippen MR) is 304 cm³/mol. The second-order valence-electron chi connectivity index (χ2n) is 21.6. The summed E-state index contributed by atoms with van der Waals surface area (Å²) < 4.78 is 43.6. The molecule has 10 rings (SSSR count). The number of aliphatic hydroxyl groups is 3. The van der Waals surface area contributed by atoms with E-state index >= 15 is 4.79 Å². The number of esters is 1. The van der Waals surface area contributed by atoms with E-state index in [1.807, 2.05) is 17.0 Å². The van der Waals surface area contributed by atoms with Crippen LogP contribution >= 0.6 is 0 Å². The van der Waals surface area contributed by atoms with Gasteiger partial charge in [0, 0.05) is 116 Å². The van der Waals surface area contributed by atoms with Crippen LogP contribution in [-0.4, -0.2) is 115 Å². The molecule has 0 aliphatic carbocycles. The number of imidazole rings is 1. The highest BCUT2D eigenvalue weighted by Gasteiger charge is 2.44. The summed E-state index contributed by atoms with van der Waals surface area (Å²) in [6.45, 7) is 14.8. The number of aromatic hydroxyl groups is 1. The SMILES string of the molecule is CO[C@H]1/C=C/O[C@@]2(C)Oc3c(C)c(O)c4c(=O)c(c5oc6cc(N7CCN(c8ccc(O/C=C9\Cn%10cc([N+](=O)[O-])nc%10O9)cc8)CC7)cc(=O)c6nc5c4c3=C2O)NC(=O)/C(C)=C\C=C\[C@H](C)[C@H](O)[C@@H](C)[C@@H](O)[C@@H](C)[C@H](OC(C)=O)[C@@H]1C. The van der Waals surface area contributed by atoms with Crippen molar-refractivity contribution < 1.29 is 67.8 Å². The van der Waals surface area contributed by atoms with Gasteiger partial charge in [-0.25, -0.2) is 4.98 Å². The Labute approximate surface area is 473 Å². The van der Waals surface area contributed by atoms with Gasteiger partial charge in [0.1, 0.15) is 47.0 Å². The molecule has 0 radical (unpaired) electrons. The number of fused-ring (bicyclic) bond motifs is 3. The van der Waals surface area contributed by atoms with Gasteiger partial charge in [0.25, 0.3) is 5.91 Å². The van der Waals surface area contributed by atoms with Gasteiger partial charge in [0.05, 0.1) is 41.7 Å². The number of anilines is 3. The maximum absolute atomic E-state index is 15.1. The normalized spacial score (nSPS) is 27.0. The number of aromatic nitrogens is 3. The van der Waals surface area contributed by atoms with Crippen LogP contribution in [0.2, 0.25) is 0 Å². The third-order valence-electron chi connectivity index (χ3n) is 16.1. The number of piperazine rings is 1. The topological polar surface area (TPSA) is 310 Å². The number of hydrogen-bond acceptors (Lipinski definition) is 21. The number of nitrogens with zero attached hydrogens (tertiary/aromatic N) is 6. The first-order chi connectivity index (χ1) is 39.5. The van der Waals surface area contributed by atoms with Gasteiger partial charge < -0.3 is 78.5 Å². The Bertz CT molecular complexity index is 3890. The zero-order chi connectivity index (χ0) is 59.5. The summed E-state index contributed by atoms with van der Waals surface area (Å²) >= 11 is 0. The van der Waals surface area contributed by atoms with Gasteiger partial charge in [-0.15, -0.1) is 0 Å². The number of rotatable bonds is 7. The first-order valence-electron chi connectivity index (χ1n) is 27.0. The second-order valence-corrected chi connectivity index (χ2v) is 21.6. The van der Waals surface area contributed by atoms with Crippen LogP contribution in [0.15, 0.2) is 105 Å². The lowest BCUT2D eigenvalue weighted by Crippen LogP contribution is -2.46. The Kier molecular flexibility index (Phi) is 15.4. The third kappa shape index (κ3) is 10.6. The van der Waals surface area contributed by atoms with Crippen LogP contribution in [-0.2, 0) is 30.3 Å². The van der Waals surface area contributed by atoms with Crippen LogP contribution in [0.1, 0.15) is 54.0 Å². The van der Waals surface area contributed by atoms with Crippen LogP contribution in [0.4, 0.5) is 22.9 Å². The standard InChI is InChI=1S/C59H63N7O17/c1-28-11-10-12-29(2)57(74)62-48-52(72)44-43(45-54(33(6)51(44)71)83-59(8,56(45)73)79-22-17-40(77-9)30(3)53(80-34(7)67)32(5)50(70)31(4)49(28)69)47-55(48)82-41-24-36(23-39(68)46(41)61-47)64-20-18-63(19-21-64)35-13-15-37(16-14-35)78-27-38-25-65-26-42(66(75)76)60-58(65)81-38/h10-17,22-24,26-28,30-32,40,49-50,53,69-71,73H,18-21,25H2,1-9H3,(H,62,74)/b11-10+,22-17+,29-12-,38-27+/t28-,30+,31+,32+,40-,49-,50+,53+,59-/m0/s1. The predicted octanol–water partition coefficient (Wildman–Crippen LogP) is 6.30. The van der Waals surface area contributed by atoms with Gasteiger partial charge in [-0.1, -0.05) is 45.9 Å². The average molecular weight is 1140 g/mol. The number of nitrogens with one attached hydrogen (secondary N) is 1. The van der Waals surface area contributed by atoms with Crippen LogP contribution in [0.25, 0.3) is 38.7 Å². The van der Waals surface area contributed by atoms with Crippen molar-refractivity contribution in [2.24, 2.45) is 23.7 Å². The Morgan fingerprint density at radius 1 is 0.916 bits per heavy atom. The summed E-state index contributed by atoms with van der Waals surface area (Å²) in [5.41, 5.74) is -1.00. The number of phenols is 1. The lowest BCUT2D eigenvalue weighted by atomic mass is 9.78. The highest BCUT2D eigenvalue weighted by Crippen LogP contribution is 2.43. The number of hydrogen-bond donors (Lipinski definition) is 5. The molecule has 4 aliphatic heterocycles. The Balaban J connectivity index is 1.01. The summed E-state index contributed by atoms with van der Waals surface area (Å²) in [4.78, 5) is 79.4. The minimum absolute atomic E-state index is 0.0247. The highest BCUT2D eigenvalue weighted by atomic mass is 16.7. The van der Waals surface area contributed by atoms with Crippen molar-refractivity contribution >= 4 is 73.5 Å². The van der Waals surface area contributed by atoms with Crippen molar-refractivity contribution in [2.75, 3.05) is 48.4 Å². The summed E-state index contributed by atoms with van der Waals surface area (Å²) in [6, 6.07) is 10.6. The molecule has 4 bridgehead atoms. The van der Waals surface area contributed by atoms with Crippen LogP contribution in [0, 0.1) is 40.7 Å². The first kappa shape index (κ1) is 57.2. The van der Waals surface area contributed by atoms with Crippen LogP contribution in [0.3, 0.4) is 0 Å². The van der Waals surface area contributed by atoms with E-state index in [0.29, 0.717) is 43.4 Å². The van der Waals surface area contributed by atoms with E-state index in [-0.39, 0.29) is 73.4 Å². The van der Waals surface area contributed by atoms with E-state index in [4.69, 9.17) is 37.8 Å².